The third kappa shape index (κ3) is 29.9. The summed E-state index contributed by atoms with van der Waals surface area (Å²) in [5.41, 5.74) is 28.3. The highest BCUT2D eigenvalue weighted by molar-refractivity contribution is 8.77. The van der Waals surface area contributed by atoms with Gasteiger partial charge in [-0.3, -0.25) is 24.2 Å². The highest BCUT2D eigenvalue weighted by atomic mass is 33.1. The molecule has 5 rings (SSSR count). The number of imidazole rings is 2. The van der Waals surface area contributed by atoms with E-state index in [1.54, 1.807) is 6.07 Å². The first-order valence-electron chi connectivity index (χ1n) is 28.8. The third-order valence-corrected chi connectivity index (χ3v) is 16.8. The number of amides is 1. The molecule has 1 aliphatic heterocycles. The molecule has 1 atom stereocenters. The fraction of sp³-hybridized carbons (Fsp3) is 0.625. The summed E-state index contributed by atoms with van der Waals surface area (Å²) in [5.74, 6) is 3.22. The number of benzene rings is 2. The van der Waals surface area contributed by atoms with Crippen molar-refractivity contribution in [3.63, 3.8) is 0 Å². The number of carbonyl (C=O) groups is 3. The molecule has 3 heterocycles. The molecule has 0 radical (unpaired) electrons. The third-order valence-electron chi connectivity index (χ3n) is 13.6. The number of nitrogens with zero attached hydrogens (tertiary/aromatic N) is 11. The lowest BCUT2D eigenvalue weighted by Crippen LogP contribution is -2.45. The number of azo groups is 2. The predicted molar refractivity (Wildman–Crippen MR) is 332 cm³/mol. The van der Waals surface area contributed by atoms with Crippen molar-refractivity contribution in [2.45, 2.75) is 96.1 Å². The molecule has 83 heavy (non-hydrogen) atoms. The number of Topliss-reactive ketones (excluding diaryl/α,β-unsaturated/α-hetero) is 2. The number of carbonyl (C=O) groups excluding carboxylic acids is 3. The summed E-state index contributed by atoms with van der Waals surface area (Å²) in [6.07, 6.45) is 18.6. The zero-order valence-electron chi connectivity index (χ0n) is 50.3. The van der Waals surface area contributed by atoms with E-state index in [-0.39, 0.29) is 17.5 Å². The van der Waals surface area contributed by atoms with Crippen molar-refractivity contribution < 1.29 is 41.5 Å². The SMILES string of the molecule is CCC(=O)Cc1ccc(N)c(N=Nc2n(C)cc[n+]2C)c1.CCC(=O)Cc1ccc(NCCN(CCN(CCN)CCCCCN)CCN(CCN)CCNC(=O)CCCCC2CCSS2)c(N=Nc2n(C)cc[n+]2C)c1.CS(=O)(=O)O[O-]. The van der Waals surface area contributed by atoms with Crippen LogP contribution in [0, 0.1) is 0 Å². The number of nitrogens with two attached hydrogens (primary N) is 4. The molecule has 1 amide bonds. The second kappa shape index (κ2) is 41.0. The highest BCUT2D eigenvalue weighted by Gasteiger charge is 2.18. The quantitative estimate of drug-likeness (QED) is 0.00680. The first-order valence-corrected chi connectivity index (χ1v) is 33.0. The van der Waals surface area contributed by atoms with Gasteiger partial charge in [0.2, 0.25) is 5.91 Å². The summed E-state index contributed by atoms with van der Waals surface area (Å²) in [6.45, 7) is 14.8. The zero-order chi connectivity index (χ0) is 61.0. The van der Waals surface area contributed by atoms with Crippen LogP contribution in [0.3, 0.4) is 0 Å². The van der Waals surface area contributed by atoms with Crippen LogP contribution in [0.4, 0.5) is 34.6 Å². The number of hydrogen-bond donors (Lipinski definition) is 6. The van der Waals surface area contributed by atoms with Crippen molar-refractivity contribution >= 4 is 83.8 Å². The Bertz CT molecular complexity index is 2660. The van der Waals surface area contributed by atoms with E-state index in [1.807, 2.05) is 137 Å². The minimum Gasteiger partial charge on any atom is -0.707 e. The standard InChI is InChI=1S/C40H72N12O2S2.C15H19N5O.CH4O4S/c1-4-35(53)32-34-12-13-37(38(33-34)46-47-40-48(2)25-26-49(40)3)44-18-23-52(29-27-50(21-16-42)20-9-5-8-15-41)30-28-51(22-17-43)24-19-45-39(54)11-7-6-10-36-14-31-55-56-36;1-4-12(21)9-11-5-6-13(16)14(10-11)17-18-15-19(2)7-8-20(15)3;1-6(3,4)5-2/h12-13,25-26,33,36H,4-11,14-24,27-32,41-43H2,1-3H3,(H,45,54);5-8,10,16H,4,9H2,1-3H3;2H,1H3/p+1. The largest absolute Gasteiger partial charge is 0.707 e. The van der Waals surface area contributed by atoms with Crippen LogP contribution >= 0.6 is 21.6 Å². The molecule has 0 saturated carbocycles. The number of aromatic nitrogens is 4. The molecule has 1 saturated heterocycles. The maximum Gasteiger partial charge on any atom is 0.421 e. The number of rotatable bonds is 38. The summed E-state index contributed by atoms with van der Waals surface area (Å²) >= 11 is 0. The lowest BCUT2D eigenvalue weighted by molar-refractivity contribution is -0.657. The van der Waals surface area contributed by atoms with E-state index in [4.69, 9.17) is 28.2 Å². The molecule has 1 unspecified atom stereocenters. The number of nitrogen functional groups attached to an aromatic ring is 1. The van der Waals surface area contributed by atoms with Crippen molar-refractivity contribution in [2.75, 3.05) is 115 Å². The van der Waals surface area contributed by atoms with Crippen LogP contribution in [-0.4, -0.2) is 159 Å². The van der Waals surface area contributed by atoms with E-state index in [9.17, 15) is 22.8 Å². The van der Waals surface area contributed by atoms with Gasteiger partial charge in [-0.05, 0) is 80.6 Å². The van der Waals surface area contributed by atoms with Crippen molar-refractivity contribution in [2.24, 2.45) is 65.8 Å². The number of aryl methyl sites for hydroxylation is 4. The molecule has 4 aromatic rings. The van der Waals surface area contributed by atoms with Gasteiger partial charge in [0.05, 0.1) is 70.6 Å². The maximum absolute atomic E-state index is 12.6. The van der Waals surface area contributed by atoms with Crippen LogP contribution in [0.25, 0.3) is 0 Å². The molecule has 1 fully saturated rings. The molecule has 1 aliphatic rings. The number of anilines is 2. The van der Waals surface area contributed by atoms with Gasteiger partial charge in [0.15, 0.2) is 0 Å². The van der Waals surface area contributed by atoms with Gasteiger partial charge < -0.3 is 48.1 Å². The van der Waals surface area contributed by atoms with Crippen molar-refractivity contribution in [1.29, 1.82) is 0 Å². The molecule has 0 aliphatic carbocycles. The first-order chi connectivity index (χ1) is 39.8. The topological polar surface area (TPSA) is 323 Å². The molecule has 2 aromatic carbocycles. The van der Waals surface area contributed by atoms with E-state index in [1.165, 1.54) is 18.6 Å². The second-order valence-electron chi connectivity index (χ2n) is 20.5. The highest BCUT2D eigenvalue weighted by Crippen LogP contribution is 2.40. The van der Waals surface area contributed by atoms with Crippen LogP contribution < -0.4 is 48.0 Å². The maximum atomic E-state index is 12.6. The van der Waals surface area contributed by atoms with Crippen LogP contribution in [-0.2, 0) is 69.9 Å². The number of ketones is 2. The number of nitrogens with one attached hydrogen (secondary N) is 2. The van der Waals surface area contributed by atoms with Gasteiger partial charge in [-0.25, -0.2) is 26.7 Å². The minimum absolute atomic E-state index is 0.145. The van der Waals surface area contributed by atoms with Gasteiger partial charge in [-0.2, -0.15) is 0 Å². The van der Waals surface area contributed by atoms with Gasteiger partial charge in [-0.1, -0.05) is 70.6 Å². The Morgan fingerprint density at radius 3 is 1.75 bits per heavy atom. The van der Waals surface area contributed by atoms with Crippen LogP contribution in [0.5, 0.6) is 0 Å². The molecular formula is C56H96N17O7S3+. The summed E-state index contributed by atoms with van der Waals surface area (Å²) in [5, 5.41) is 34.1. The Morgan fingerprint density at radius 2 is 1.24 bits per heavy atom. The Labute approximate surface area is 501 Å². The van der Waals surface area contributed by atoms with Gasteiger partial charge in [0.1, 0.15) is 22.9 Å². The summed E-state index contributed by atoms with van der Waals surface area (Å²) in [4.78, 5) is 43.7. The minimum atomic E-state index is -3.72. The average Bonchev–Trinajstić information content (AvgIpc) is 4.24. The molecule has 10 N–H and O–H groups in total. The monoisotopic (exact) mass is 1210 g/mol. The van der Waals surface area contributed by atoms with Gasteiger partial charge in [0, 0.05) is 132 Å². The first kappa shape index (κ1) is 72.1. The fourth-order valence-corrected chi connectivity index (χ4v) is 11.7. The Hall–Kier alpha value is -5.20. The second-order valence-corrected chi connectivity index (χ2v) is 24.8. The van der Waals surface area contributed by atoms with Gasteiger partial charge in [0.25, 0.3) is 10.1 Å². The van der Waals surface area contributed by atoms with E-state index < -0.39 is 10.1 Å². The molecule has 27 heteroatoms. The van der Waals surface area contributed by atoms with Crippen LogP contribution in [0.1, 0.15) is 89.2 Å². The van der Waals surface area contributed by atoms with Gasteiger partial charge in [-0.15, -0.1) is 0 Å². The Kier molecular flexibility index (Phi) is 35.6. The lowest BCUT2D eigenvalue weighted by Gasteiger charge is -2.30. The van der Waals surface area contributed by atoms with E-state index in [0.29, 0.717) is 87.5 Å². The lowest BCUT2D eigenvalue weighted by atomic mass is 10.1. The van der Waals surface area contributed by atoms with Crippen molar-refractivity contribution in [3.8, 4) is 0 Å². The molecule has 24 nitrogen and oxygen atoms in total. The van der Waals surface area contributed by atoms with Gasteiger partial charge >= 0.3 is 11.9 Å². The summed E-state index contributed by atoms with van der Waals surface area (Å²) in [6, 6.07) is 11.4. The normalized spacial score (nSPS) is 13.5. The van der Waals surface area contributed by atoms with Crippen LogP contribution in [0.2, 0.25) is 0 Å². The average molecular weight is 1220 g/mol. The van der Waals surface area contributed by atoms with Crippen LogP contribution in [0.15, 0.2) is 81.6 Å². The smallest absolute Gasteiger partial charge is 0.421 e. The summed E-state index contributed by atoms with van der Waals surface area (Å²) in [7, 11) is 7.95. The fourth-order valence-electron chi connectivity index (χ4n) is 8.66. The van der Waals surface area contributed by atoms with E-state index in [2.05, 4.69) is 50.1 Å². The summed E-state index contributed by atoms with van der Waals surface area (Å²) < 4.78 is 29.2. The Morgan fingerprint density at radius 1 is 0.711 bits per heavy atom. The molecule has 0 bridgehead atoms. The zero-order valence-corrected chi connectivity index (χ0v) is 52.7. The molecule has 2 aromatic heterocycles. The molecular weight excluding hydrogens is 1120 g/mol. The predicted octanol–water partition coefficient (Wildman–Crippen LogP) is 4.59. The Balaban J connectivity index is 0.000000546. The van der Waals surface area contributed by atoms with Crippen molar-refractivity contribution in [1.82, 2.24) is 29.2 Å². The number of unbranched alkanes of at least 4 members (excludes halogenated alkanes) is 3. The van der Waals surface area contributed by atoms with E-state index >= 15 is 0 Å². The molecule has 464 valence electrons. The van der Waals surface area contributed by atoms with E-state index in [0.717, 1.165) is 126 Å². The number of hydrogen-bond acceptors (Lipinski definition) is 21. The molecule has 0 spiro atoms. The van der Waals surface area contributed by atoms with Crippen molar-refractivity contribution in [3.05, 3.63) is 72.3 Å².